The van der Waals surface area contributed by atoms with Crippen LogP contribution in [0.2, 0.25) is 0 Å². The number of carbonyl (C=O) groups excluding carboxylic acids is 3. The van der Waals surface area contributed by atoms with E-state index in [1.807, 2.05) is 27.7 Å². The summed E-state index contributed by atoms with van der Waals surface area (Å²) in [6.07, 6.45) is 3.49. The summed E-state index contributed by atoms with van der Waals surface area (Å²) >= 11 is 0. The van der Waals surface area contributed by atoms with Gasteiger partial charge in [0.05, 0.1) is 11.7 Å². The minimum absolute atomic E-state index is 0.0255. The fourth-order valence-corrected chi connectivity index (χ4v) is 8.95. The number of aliphatic hydroxyl groups is 4. The fourth-order valence-electron chi connectivity index (χ4n) is 8.95. The SMILES string of the molecule is CC(C)(O)C=CC(=O)C(C)(O)[C@H]1[C@H](O)C[C@@]2(C)[C@@H]3CC=C4[C@@H](CC(=O)[C@@H](O)C4(C)C)[C@]3(C)C(=O)C[C@]12C. The van der Waals surface area contributed by atoms with Crippen molar-refractivity contribution in [3.63, 3.8) is 0 Å². The summed E-state index contributed by atoms with van der Waals surface area (Å²) in [7, 11) is 0. The van der Waals surface area contributed by atoms with Gasteiger partial charge in [0.15, 0.2) is 11.6 Å². The highest BCUT2D eigenvalue weighted by Crippen LogP contribution is 2.74. The Hall–Kier alpha value is -1.67. The van der Waals surface area contributed by atoms with Crippen molar-refractivity contribution in [2.24, 2.45) is 39.4 Å². The van der Waals surface area contributed by atoms with Gasteiger partial charge in [0, 0.05) is 29.6 Å². The van der Waals surface area contributed by atoms with Crippen LogP contribution in [0, 0.1) is 39.4 Å². The van der Waals surface area contributed by atoms with Crippen molar-refractivity contribution in [2.75, 3.05) is 0 Å². The Morgan fingerprint density at radius 3 is 2.19 bits per heavy atom. The Morgan fingerprint density at radius 2 is 1.62 bits per heavy atom. The van der Waals surface area contributed by atoms with Crippen molar-refractivity contribution in [3.8, 4) is 0 Å². The van der Waals surface area contributed by atoms with E-state index in [0.717, 1.165) is 11.6 Å². The third kappa shape index (κ3) is 3.71. The molecule has 7 nitrogen and oxygen atoms in total. The molecule has 37 heavy (non-hydrogen) atoms. The Bertz CT molecular complexity index is 1090. The van der Waals surface area contributed by atoms with E-state index in [2.05, 4.69) is 13.0 Å². The number of carbonyl (C=O) groups is 3. The zero-order valence-corrected chi connectivity index (χ0v) is 23.5. The van der Waals surface area contributed by atoms with Crippen LogP contribution >= 0.6 is 0 Å². The average molecular weight is 517 g/mol. The van der Waals surface area contributed by atoms with Crippen LogP contribution in [-0.2, 0) is 14.4 Å². The molecule has 4 aliphatic carbocycles. The van der Waals surface area contributed by atoms with Gasteiger partial charge in [-0.3, -0.25) is 14.4 Å². The molecular formula is C30H44O7. The quantitative estimate of drug-likeness (QED) is 0.334. The first kappa shape index (κ1) is 28.3. The normalized spacial score (nSPS) is 45.1. The lowest BCUT2D eigenvalue weighted by molar-refractivity contribution is -0.183. The summed E-state index contributed by atoms with van der Waals surface area (Å²) in [6.45, 7) is 14.1. The van der Waals surface area contributed by atoms with Crippen molar-refractivity contribution in [2.45, 2.75) is 104 Å². The highest BCUT2D eigenvalue weighted by Gasteiger charge is 2.74. The van der Waals surface area contributed by atoms with Crippen molar-refractivity contribution in [3.05, 3.63) is 23.8 Å². The number of ketones is 3. The summed E-state index contributed by atoms with van der Waals surface area (Å²) < 4.78 is 0. The van der Waals surface area contributed by atoms with E-state index >= 15 is 0 Å². The molecule has 0 aromatic carbocycles. The smallest absolute Gasteiger partial charge is 0.187 e. The van der Waals surface area contributed by atoms with Crippen LogP contribution in [0.25, 0.3) is 0 Å². The molecule has 3 fully saturated rings. The average Bonchev–Trinajstić information content (AvgIpc) is 2.96. The molecule has 0 aromatic heterocycles. The van der Waals surface area contributed by atoms with Crippen LogP contribution in [0.15, 0.2) is 23.8 Å². The summed E-state index contributed by atoms with van der Waals surface area (Å²) in [4.78, 5) is 40.3. The maximum atomic E-state index is 14.2. The maximum Gasteiger partial charge on any atom is 0.187 e. The monoisotopic (exact) mass is 516 g/mol. The lowest BCUT2D eigenvalue weighted by Gasteiger charge is -2.64. The number of hydrogen-bond donors (Lipinski definition) is 4. The molecule has 206 valence electrons. The zero-order valence-electron chi connectivity index (χ0n) is 23.5. The molecule has 9 atom stereocenters. The molecule has 4 rings (SSSR count). The standard InChI is InChI=1S/C30H44O7/c1-25(2,36)12-11-21(33)30(8,37)23-19(32)14-27(5)20-10-9-16-17(13-18(31)24(35)26(16,3)4)29(20,7)22(34)15-28(23,27)6/h9,11-12,17,19-20,23-24,32,35-37H,10,13-15H2,1-8H3/t17-,19-,20+,23+,24-,27+,28-,29+,30?/m1/s1. The topological polar surface area (TPSA) is 132 Å². The molecule has 0 heterocycles. The first-order valence-corrected chi connectivity index (χ1v) is 13.5. The molecule has 0 aromatic rings. The van der Waals surface area contributed by atoms with Gasteiger partial charge in [-0.15, -0.1) is 0 Å². The second-order valence-electron chi connectivity index (χ2n) is 14.3. The third-order valence-corrected chi connectivity index (χ3v) is 11.2. The maximum absolute atomic E-state index is 14.2. The molecule has 0 bridgehead atoms. The van der Waals surface area contributed by atoms with Gasteiger partial charge < -0.3 is 20.4 Å². The Morgan fingerprint density at radius 1 is 1.03 bits per heavy atom. The predicted molar refractivity (Wildman–Crippen MR) is 138 cm³/mol. The molecule has 4 aliphatic rings. The largest absolute Gasteiger partial charge is 0.393 e. The molecule has 0 amide bonds. The summed E-state index contributed by atoms with van der Waals surface area (Å²) in [6, 6.07) is 0. The van der Waals surface area contributed by atoms with E-state index in [0.29, 0.717) is 12.8 Å². The van der Waals surface area contributed by atoms with Gasteiger partial charge in [0.25, 0.3) is 0 Å². The minimum atomic E-state index is -1.95. The summed E-state index contributed by atoms with van der Waals surface area (Å²) in [5, 5.41) is 43.7. The summed E-state index contributed by atoms with van der Waals surface area (Å²) in [5.74, 6) is -2.34. The van der Waals surface area contributed by atoms with Gasteiger partial charge in [0.1, 0.15) is 17.5 Å². The number of rotatable bonds is 4. The number of aliphatic hydroxyl groups excluding tert-OH is 2. The Balaban J connectivity index is 1.80. The van der Waals surface area contributed by atoms with E-state index in [4.69, 9.17) is 0 Å². The highest BCUT2D eigenvalue weighted by molar-refractivity contribution is 5.97. The van der Waals surface area contributed by atoms with Crippen LogP contribution < -0.4 is 0 Å². The van der Waals surface area contributed by atoms with Gasteiger partial charge >= 0.3 is 0 Å². The van der Waals surface area contributed by atoms with E-state index < -0.39 is 56.8 Å². The van der Waals surface area contributed by atoms with Crippen molar-refractivity contribution < 1.29 is 34.8 Å². The second kappa shape index (κ2) is 8.17. The fraction of sp³-hybridized carbons (Fsp3) is 0.767. The Kier molecular flexibility index (Phi) is 6.26. The van der Waals surface area contributed by atoms with Gasteiger partial charge in [-0.05, 0) is 62.4 Å². The van der Waals surface area contributed by atoms with Gasteiger partial charge in [-0.2, -0.15) is 0 Å². The van der Waals surface area contributed by atoms with Crippen LogP contribution in [-0.4, -0.2) is 61.2 Å². The number of allylic oxidation sites excluding steroid dienone is 1. The molecule has 0 radical (unpaired) electrons. The third-order valence-electron chi connectivity index (χ3n) is 11.2. The number of Topliss-reactive ketones (excluding diaryl/α,β-unsaturated/α-hetero) is 2. The summed E-state index contributed by atoms with van der Waals surface area (Å²) in [5.41, 5.74) is -5.36. The zero-order chi connectivity index (χ0) is 28.1. The van der Waals surface area contributed by atoms with E-state index in [-0.39, 0.29) is 36.2 Å². The Labute approximate surface area is 220 Å². The van der Waals surface area contributed by atoms with Crippen molar-refractivity contribution in [1.82, 2.24) is 0 Å². The molecule has 0 saturated heterocycles. The lowest BCUT2D eigenvalue weighted by Crippen LogP contribution is -2.65. The molecule has 0 aliphatic heterocycles. The van der Waals surface area contributed by atoms with Crippen molar-refractivity contribution >= 4 is 17.3 Å². The molecule has 1 unspecified atom stereocenters. The second-order valence-corrected chi connectivity index (χ2v) is 14.3. The van der Waals surface area contributed by atoms with Crippen LogP contribution in [0.4, 0.5) is 0 Å². The van der Waals surface area contributed by atoms with E-state index in [9.17, 15) is 34.8 Å². The first-order chi connectivity index (χ1) is 16.7. The number of hydrogen-bond acceptors (Lipinski definition) is 7. The van der Waals surface area contributed by atoms with Gasteiger partial charge in [-0.25, -0.2) is 0 Å². The first-order valence-electron chi connectivity index (χ1n) is 13.5. The molecule has 7 heteroatoms. The molecule has 4 N–H and O–H groups in total. The molecule has 0 spiro atoms. The lowest BCUT2D eigenvalue weighted by atomic mass is 9.38. The number of fused-ring (bicyclic) bond motifs is 5. The molecular weight excluding hydrogens is 472 g/mol. The van der Waals surface area contributed by atoms with Gasteiger partial charge in [0.2, 0.25) is 0 Å². The van der Waals surface area contributed by atoms with Crippen molar-refractivity contribution in [1.29, 1.82) is 0 Å². The molecule has 3 saturated carbocycles. The van der Waals surface area contributed by atoms with Crippen LogP contribution in [0.1, 0.15) is 81.1 Å². The van der Waals surface area contributed by atoms with E-state index in [1.165, 1.54) is 26.8 Å². The van der Waals surface area contributed by atoms with Crippen LogP contribution in [0.5, 0.6) is 0 Å². The highest BCUT2D eigenvalue weighted by atomic mass is 16.3. The van der Waals surface area contributed by atoms with Gasteiger partial charge in [-0.1, -0.05) is 52.3 Å². The van der Waals surface area contributed by atoms with E-state index in [1.54, 1.807) is 0 Å². The minimum Gasteiger partial charge on any atom is -0.393 e. The van der Waals surface area contributed by atoms with Crippen LogP contribution in [0.3, 0.4) is 0 Å². The predicted octanol–water partition coefficient (Wildman–Crippen LogP) is 2.93.